The van der Waals surface area contributed by atoms with Crippen LogP contribution in [0.25, 0.3) is 0 Å². The summed E-state index contributed by atoms with van der Waals surface area (Å²) in [5, 5.41) is 4.31. The van der Waals surface area contributed by atoms with Crippen LogP contribution in [0.2, 0.25) is 0 Å². The molecule has 19 heavy (non-hydrogen) atoms. The highest BCUT2D eigenvalue weighted by Crippen LogP contribution is 2.34. The van der Waals surface area contributed by atoms with E-state index in [1.54, 1.807) is 0 Å². The van der Waals surface area contributed by atoms with Gasteiger partial charge < -0.3 is 4.90 Å². The fraction of sp³-hybridized carbons (Fsp3) is 0.933. The number of nitrogens with zero attached hydrogens (tertiary/aromatic N) is 1. The van der Waals surface area contributed by atoms with E-state index in [1.807, 2.05) is 11.8 Å². The molecule has 0 aromatic rings. The van der Waals surface area contributed by atoms with Crippen molar-refractivity contribution in [2.24, 2.45) is 0 Å². The van der Waals surface area contributed by atoms with Gasteiger partial charge in [0.15, 0.2) is 0 Å². The van der Waals surface area contributed by atoms with Gasteiger partial charge >= 0.3 is 0 Å². The van der Waals surface area contributed by atoms with E-state index < -0.39 is 0 Å². The molecule has 4 unspecified atom stereocenters. The fourth-order valence-electron chi connectivity index (χ4n) is 3.47. The Morgan fingerprint density at radius 3 is 2.74 bits per heavy atom. The largest absolute Gasteiger partial charge is 0.323 e. The van der Waals surface area contributed by atoms with Crippen LogP contribution in [0, 0.1) is 0 Å². The van der Waals surface area contributed by atoms with Crippen LogP contribution in [-0.2, 0) is 4.79 Å². The molecular weight excluding hydrogens is 256 g/mol. The second-order valence-corrected chi connectivity index (χ2v) is 6.99. The zero-order chi connectivity index (χ0) is 13.8. The number of carbonyl (C=O) groups excluding carboxylic acids is 1. The molecule has 2 rings (SSSR count). The number of rotatable bonds is 6. The van der Waals surface area contributed by atoms with Crippen LogP contribution in [0.15, 0.2) is 0 Å². The number of hydrogen-bond acceptors (Lipinski definition) is 3. The van der Waals surface area contributed by atoms with Crippen molar-refractivity contribution in [3.05, 3.63) is 0 Å². The van der Waals surface area contributed by atoms with Crippen LogP contribution in [0.3, 0.4) is 0 Å². The smallest absolute Gasteiger partial charge is 0.241 e. The van der Waals surface area contributed by atoms with E-state index in [4.69, 9.17) is 0 Å². The Morgan fingerprint density at radius 2 is 2.16 bits per heavy atom. The molecule has 4 atom stereocenters. The molecule has 0 aromatic carbocycles. The standard InChI is InChI=1S/C15H28N2OS/c1-4-6-7-13-15(18)17(14(5-2)16-13)11-8-9-12(10-11)19-3/h11-14,16H,4-10H2,1-3H3. The maximum absolute atomic E-state index is 12.6. The summed E-state index contributed by atoms with van der Waals surface area (Å²) in [6.07, 6.45) is 10.5. The summed E-state index contributed by atoms with van der Waals surface area (Å²) in [5.41, 5.74) is 0. The normalized spacial score (nSPS) is 35.3. The van der Waals surface area contributed by atoms with E-state index in [2.05, 4.69) is 30.3 Å². The molecule has 1 N–H and O–H groups in total. The molecule has 1 aliphatic heterocycles. The predicted molar refractivity (Wildman–Crippen MR) is 82.3 cm³/mol. The van der Waals surface area contributed by atoms with E-state index in [0.717, 1.165) is 24.5 Å². The second kappa shape index (κ2) is 6.98. The van der Waals surface area contributed by atoms with Crippen LogP contribution in [0.4, 0.5) is 0 Å². The van der Waals surface area contributed by atoms with Crippen molar-refractivity contribution in [2.75, 3.05) is 6.26 Å². The molecule has 0 aromatic heterocycles. The van der Waals surface area contributed by atoms with Crippen molar-refractivity contribution in [1.29, 1.82) is 0 Å². The molecule has 0 spiro atoms. The molecule has 1 amide bonds. The van der Waals surface area contributed by atoms with Crippen LogP contribution >= 0.6 is 11.8 Å². The number of hydrogen-bond donors (Lipinski definition) is 1. The van der Waals surface area contributed by atoms with Crippen LogP contribution in [0.5, 0.6) is 0 Å². The number of amides is 1. The first-order chi connectivity index (χ1) is 9.21. The summed E-state index contributed by atoms with van der Waals surface area (Å²) in [7, 11) is 0. The van der Waals surface area contributed by atoms with Gasteiger partial charge in [-0.25, -0.2) is 0 Å². The molecule has 0 radical (unpaired) electrons. The Kier molecular flexibility index (Phi) is 5.58. The summed E-state index contributed by atoms with van der Waals surface area (Å²) in [6.45, 7) is 4.37. The third-order valence-electron chi connectivity index (χ3n) is 4.60. The van der Waals surface area contributed by atoms with Crippen molar-refractivity contribution in [2.45, 2.75) is 82.3 Å². The van der Waals surface area contributed by atoms with E-state index >= 15 is 0 Å². The molecule has 0 bridgehead atoms. The van der Waals surface area contributed by atoms with Gasteiger partial charge in [-0.3, -0.25) is 10.1 Å². The van der Waals surface area contributed by atoms with Gasteiger partial charge in [0.05, 0.1) is 12.2 Å². The molecule has 2 fully saturated rings. The van der Waals surface area contributed by atoms with E-state index in [-0.39, 0.29) is 12.2 Å². The molecule has 1 aliphatic carbocycles. The number of nitrogens with one attached hydrogen (secondary N) is 1. The average molecular weight is 284 g/mol. The minimum atomic E-state index is 0.0817. The Hall–Kier alpha value is -0.220. The maximum Gasteiger partial charge on any atom is 0.241 e. The predicted octanol–water partition coefficient (Wildman–Crippen LogP) is 3.00. The van der Waals surface area contributed by atoms with Crippen molar-refractivity contribution in [3.63, 3.8) is 0 Å². The minimum absolute atomic E-state index is 0.0817. The lowest BCUT2D eigenvalue weighted by Crippen LogP contribution is -2.43. The van der Waals surface area contributed by atoms with Crippen molar-refractivity contribution < 1.29 is 4.79 Å². The highest BCUT2D eigenvalue weighted by Gasteiger charge is 2.43. The van der Waals surface area contributed by atoms with Crippen LogP contribution in [0.1, 0.15) is 58.8 Å². The first-order valence-corrected chi connectivity index (χ1v) is 9.11. The molecule has 110 valence electrons. The SMILES string of the molecule is CCCCC1NC(CC)N(C2CCC(SC)C2)C1=O. The van der Waals surface area contributed by atoms with Gasteiger partial charge in [0.25, 0.3) is 0 Å². The quantitative estimate of drug-likeness (QED) is 0.814. The Labute approximate surface area is 121 Å². The summed E-state index contributed by atoms with van der Waals surface area (Å²) < 4.78 is 0. The van der Waals surface area contributed by atoms with Crippen molar-refractivity contribution >= 4 is 17.7 Å². The summed E-state index contributed by atoms with van der Waals surface area (Å²) in [5.74, 6) is 0.368. The summed E-state index contributed by atoms with van der Waals surface area (Å²) >= 11 is 1.96. The topological polar surface area (TPSA) is 32.3 Å². The van der Waals surface area contributed by atoms with E-state index in [9.17, 15) is 4.79 Å². The van der Waals surface area contributed by atoms with Gasteiger partial charge in [-0.15, -0.1) is 0 Å². The van der Waals surface area contributed by atoms with Gasteiger partial charge in [0.2, 0.25) is 5.91 Å². The Balaban J connectivity index is 1.99. The second-order valence-electron chi connectivity index (χ2n) is 5.86. The number of thioether (sulfide) groups is 1. The minimum Gasteiger partial charge on any atom is -0.323 e. The Bertz CT molecular complexity index is 311. The van der Waals surface area contributed by atoms with Gasteiger partial charge in [0.1, 0.15) is 0 Å². The van der Waals surface area contributed by atoms with E-state index in [0.29, 0.717) is 11.9 Å². The van der Waals surface area contributed by atoms with Crippen LogP contribution < -0.4 is 5.32 Å². The van der Waals surface area contributed by atoms with Gasteiger partial charge in [0, 0.05) is 11.3 Å². The molecule has 4 heteroatoms. The fourth-order valence-corrected chi connectivity index (χ4v) is 4.25. The Morgan fingerprint density at radius 1 is 1.37 bits per heavy atom. The van der Waals surface area contributed by atoms with Crippen molar-refractivity contribution in [1.82, 2.24) is 10.2 Å². The number of carbonyl (C=O) groups is 1. The summed E-state index contributed by atoms with van der Waals surface area (Å²) in [4.78, 5) is 14.8. The zero-order valence-corrected chi connectivity index (χ0v) is 13.3. The van der Waals surface area contributed by atoms with Crippen molar-refractivity contribution in [3.8, 4) is 0 Å². The lowest BCUT2D eigenvalue weighted by Gasteiger charge is -2.29. The third-order valence-corrected chi connectivity index (χ3v) is 5.69. The highest BCUT2D eigenvalue weighted by molar-refractivity contribution is 7.99. The lowest BCUT2D eigenvalue weighted by molar-refractivity contribution is -0.132. The zero-order valence-electron chi connectivity index (χ0n) is 12.5. The first-order valence-electron chi connectivity index (χ1n) is 7.82. The monoisotopic (exact) mass is 284 g/mol. The maximum atomic E-state index is 12.6. The molecule has 1 heterocycles. The molecule has 3 nitrogen and oxygen atoms in total. The third kappa shape index (κ3) is 3.27. The van der Waals surface area contributed by atoms with Gasteiger partial charge in [-0.05, 0) is 38.4 Å². The average Bonchev–Trinajstić information content (AvgIpc) is 3.00. The molecular formula is C15H28N2OS. The molecule has 1 saturated carbocycles. The molecule has 1 saturated heterocycles. The van der Waals surface area contributed by atoms with E-state index in [1.165, 1.54) is 25.7 Å². The lowest BCUT2D eigenvalue weighted by atomic mass is 10.1. The highest BCUT2D eigenvalue weighted by atomic mass is 32.2. The van der Waals surface area contributed by atoms with Gasteiger partial charge in [-0.2, -0.15) is 11.8 Å². The van der Waals surface area contributed by atoms with Crippen LogP contribution in [-0.4, -0.2) is 40.6 Å². The summed E-state index contributed by atoms with van der Waals surface area (Å²) in [6, 6.07) is 0.562. The van der Waals surface area contributed by atoms with Gasteiger partial charge in [-0.1, -0.05) is 26.7 Å². The first kappa shape index (κ1) is 15.2. The molecule has 2 aliphatic rings. The number of unbranched alkanes of at least 4 members (excludes halogenated alkanes) is 1.